The van der Waals surface area contributed by atoms with E-state index in [1.54, 1.807) is 14.0 Å². The molecule has 0 saturated heterocycles. The lowest BCUT2D eigenvalue weighted by Crippen LogP contribution is -2.50. The van der Waals surface area contributed by atoms with E-state index in [1.807, 2.05) is 32.0 Å². The van der Waals surface area contributed by atoms with Gasteiger partial charge in [-0.3, -0.25) is 9.10 Å². The van der Waals surface area contributed by atoms with Crippen molar-refractivity contribution in [1.29, 1.82) is 0 Å². The molecule has 0 bridgehead atoms. The van der Waals surface area contributed by atoms with Gasteiger partial charge in [0, 0.05) is 0 Å². The second-order valence-electron chi connectivity index (χ2n) is 7.16. The van der Waals surface area contributed by atoms with Crippen LogP contribution in [0.4, 0.5) is 10.1 Å². The smallest absolute Gasteiger partial charge is 0.244 e. The van der Waals surface area contributed by atoms with E-state index in [9.17, 15) is 17.6 Å². The van der Waals surface area contributed by atoms with Gasteiger partial charge in [0.25, 0.3) is 0 Å². The summed E-state index contributed by atoms with van der Waals surface area (Å²) in [4.78, 5) is 13.1. The number of amides is 1. The van der Waals surface area contributed by atoms with Crippen LogP contribution in [0.2, 0.25) is 0 Å². The van der Waals surface area contributed by atoms with Crippen LogP contribution in [0, 0.1) is 12.7 Å². The Hall–Kier alpha value is -2.61. The Morgan fingerprint density at radius 3 is 2.23 bits per heavy atom. The minimum Gasteiger partial charge on any atom is -0.496 e. The van der Waals surface area contributed by atoms with Crippen molar-refractivity contribution in [3.63, 3.8) is 0 Å². The molecule has 6 nitrogen and oxygen atoms in total. The molecular weight excluding hydrogens is 407 g/mol. The largest absolute Gasteiger partial charge is 0.496 e. The highest BCUT2D eigenvalue weighted by Crippen LogP contribution is 2.26. The third-order valence-electron chi connectivity index (χ3n) is 4.96. The fourth-order valence-electron chi connectivity index (χ4n) is 3.46. The molecule has 0 saturated carbocycles. The van der Waals surface area contributed by atoms with Crippen LogP contribution in [-0.4, -0.2) is 33.7 Å². The molecule has 0 aliphatic carbocycles. The molecule has 0 fully saturated rings. The van der Waals surface area contributed by atoms with Crippen LogP contribution in [0.25, 0.3) is 0 Å². The number of methoxy groups -OCH3 is 1. The van der Waals surface area contributed by atoms with Crippen LogP contribution in [0.15, 0.2) is 42.5 Å². The third kappa shape index (κ3) is 5.50. The number of benzene rings is 2. The average Bonchev–Trinajstić information content (AvgIpc) is 2.70. The molecule has 2 atom stereocenters. The highest BCUT2D eigenvalue weighted by atomic mass is 32.2. The summed E-state index contributed by atoms with van der Waals surface area (Å²) in [6.45, 7) is 5.61. The molecule has 0 heterocycles. The molecule has 0 unspecified atom stereocenters. The third-order valence-corrected chi connectivity index (χ3v) is 6.14. The van der Waals surface area contributed by atoms with Crippen LogP contribution in [0.1, 0.15) is 43.9 Å². The predicted molar refractivity (Wildman–Crippen MR) is 117 cm³/mol. The minimum absolute atomic E-state index is 0.245. The van der Waals surface area contributed by atoms with Crippen molar-refractivity contribution in [1.82, 2.24) is 5.32 Å². The minimum atomic E-state index is -3.78. The lowest BCUT2D eigenvalue weighted by Gasteiger charge is -2.31. The molecule has 0 aromatic heterocycles. The zero-order valence-electron chi connectivity index (χ0n) is 18.0. The number of sulfonamides is 1. The number of carbonyl (C=O) groups is 1. The predicted octanol–water partition coefficient (Wildman–Crippen LogP) is 3.95. The Labute approximate surface area is 178 Å². The topological polar surface area (TPSA) is 75.7 Å². The molecule has 0 radical (unpaired) electrons. The van der Waals surface area contributed by atoms with E-state index in [2.05, 4.69) is 5.32 Å². The molecule has 0 aliphatic heterocycles. The fourth-order valence-corrected chi connectivity index (χ4v) is 4.67. The first-order valence-electron chi connectivity index (χ1n) is 9.82. The zero-order chi connectivity index (χ0) is 22.5. The number of rotatable bonds is 9. The van der Waals surface area contributed by atoms with E-state index >= 15 is 0 Å². The number of nitrogens with zero attached hydrogens (tertiary/aromatic N) is 1. The molecule has 0 spiro atoms. The molecule has 1 amide bonds. The lowest BCUT2D eigenvalue weighted by atomic mass is 10.0. The number of carbonyl (C=O) groups excluding carboxylic acids is 1. The second-order valence-corrected chi connectivity index (χ2v) is 9.02. The summed E-state index contributed by atoms with van der Waals surface area (Å²) in [5, 5.41) is 2.97. The van der Waals surface area contributed by atoms with Gasteiger partial charge < -0.3 is 10.1 Å². The SMILES string of the molecule is CC[C@H](NC(=O)[C@@H](CC)N(c1ccc(F)cc1)S(C)(=O)=O)c1ccc(OC)c(C)c1. The molecular formula is C22H29FN2O4S. The van der Waals surface area contributed by atoms with Gasteiger partial charge in [-0.2, -0.15) is 0 Å². The van der Waals surface area contributed by atoms with Crippen molar-refractivity contribution in [2.75, 3.05) is 17.7 Å². The Bertz CT molecular complexity index is 977. The van der Waals surface area contributed by atoms with Crippen molar-refractivity contribution in [2.24, 2.45) is 0 Å². The van der Waals surface area contributed by atoms with Gasteiger partial charge in [-0.25, -0.2) is 12.8 Å². The zero-order valence-corrected chi connectivity index (χ0v) is 18.8. The Morgan fingerprint density at radius 1 is 1.13 bits per heavy atom. The monoisotopic (exact) mass is 436 g/mol. The first-order valence-corrected chi connectivity index (χ1v) is 11.7. The van der Waals surface area contributed by atoms with Crippen molar-refractivity contribution < 1.29 is 22.3 Å². The van der Waals surface area contributed by atoms with Crippen molar-refractivity contribution in [2.45, 2.75) is 45.7 Å². The molecule has 2 aromatic rings. The fraction of sp³-hybridized carbons (Fsp3) is 0.409. The average molecular weight is 437 g/mol. The number of nitrogens with one attached hydrogen (secondary N) is 1. The van der Waals surface area contributed by atoms with Crippen LogP contribution in [0.3, 0.4) is 0 Å². The molecule has 2 aromatic carbocycles. The van der Waals surface area contributed by atoms with E-state index in [0.29, 0.717) is 6.42 Å². The van der Waals surface area contributed by atoms with Crippen molar-refractivity contribution >= 4 is 21.6 Å². The second kappa shape index (κ2) is 9.93. The van der Waals surface area contributed by atoms with E-state index in [-0.39, 0.29) is 18.2 Å². The molecule has 164 valence electrons. The molecule has 8 heteroatoms. The van der Waals surface area contributed by atoms with Crippen LogP contribution >= 0.6 is 0 Å². The Balaban J connectivity index is 2.34. The number of aryl methyl sites for hydroxylation is 1. The van der Waals surface area contributed by atoms with Gasteiger partial charge in [-0.15, -0.1) is 0 Å². The Kier molecular flexibility index (Phi) is 7.83. The van der Waals surface area contributed by atoms with Gasteiger partial charge >= 0.3 is 0 Å². The highest BCUT2D eigenvalue weighted by Gasteiger charge is 2.32. The number of hydrogen-bond donors (Lipinski definition) is 1. The number of halogens is 1. The van der Waals surface area contributed by atoms with Crippen LogP contribution in [0.5, 0.6) is 5.75 Å². The summed E-state index contributed by atoms with van der Waals surface area (Å²) in [7, 11) is -2.18. The first kappa shape index (κ1) is 23.7. The van der Waals surface area contributed by atoms with Crippen LogP contribution < -0.4 is 14.4 Å². The molecule has 0 aliphatic rings. The maximum Gasteiger partial charge on any atom is 0.244 e. The summed E-state index contributed by atoms with van der Waals surface area (Å²) in [6, 6.07) is 9.49. The van der Waals surface area contributed by atoms with Gasteiger partial charge in [-0.05, 0) is 61.2 Å². The van der Waals surface area contributed by atoms with E-state index in [4.69, 9.17) is 4.74 Å². The summed E-state index contributed by atoms with van der Waals surface area (Å²) >= 11 is 0. The number of anilines is 1. The maximum atomic E-state index is 13.3. The quantitative estimate of drug-likeness (QED) is 0.646. The normalized spacial score (nSPS) is 13.4. The summed E-state index contributed by atoms with van der Waals surface area (Å²) < 4.78 is 44.7. The molecule has 2 rings (SSSR count). The van der Waals surface area contributed by atoms with Crippen molar-refractivity contribution in [3.8, 4) is 5.75 Å². The summed E-state index contributed by atoms with van der Waals surface area (Å²) in [5.41, 5.74) is 2.10. The van der Waals surface area contributed by atoms with Gasteiger partial charge in [0.15, 0.2) is 0 Å². The molecule has 1 N–H and O–H groups in total. The van der Waals surface area contributed by atoms with E-state index < -0.39 is 27.8 Å². The lowest BCUT2D eigenvalue weighted by molar-refractivity contribution is -0.123. The van der Waals surface area contributed by atoms with E-state index in [1.165, 1.54) is 24.3 Å². The van der Waals surface area contributed by atoms with Crippen LogP contribution in [-0.2, 0) is 14.8 Å². The van der Waals surface area contributed by atoms with Gasteiger partial charge in [-0.1, -0.05) is 26.0 Å². The van der Waals surface area contributed by atoms with Gasteiger partial charge in [0.05, 0.1) is 25.1 Å². The molecule has 30 heavy (non-hydrogen) atoms. The van der Waals surface area contributed by atoms with Crippen molar-refractivity contribution in [3.05, 3.63) is 59.4 Å². The summed E-state index contributed by atoms with van der Waals surface area (Å²) in [6.07, 6.45) is 1.92. The number of hydrogen-bond acceptors (Lipinski definition) is 4. The maximum absolute atomic E-state index is 13.3. The Morgan fingerprint density at radius 2 is 1.77 bits per heavy atom. The van der Waals surface area contributed by atoms with Gasteiger partial charge in [0.1, 0.15) is 17.6 Å². The van der Waals surface area contributed by atoms with E-state index in [0.717, 1.165) is 27.4 Å². The highest BCUT2D eigenvalue weighted by molar-refractivity contribution is 7.92. The summed E-state index contributed by atoms with van der Waals surface area (Å²) in [5.74, 6) is -0.135. The van der Waals surface area contributed by atoms with Gasteiger partial charge in [0.2, 0.25) is 15.9 Å². The number of ether oxygens (including phenoxy) is 1. The standard InChI is InChI=1S/C22H29FN2O4S/c1-6-19(16-8-13-21(29-4)15(3)14-16)24-22(26)20(7-2)25(30(5,27)28)18-11-9-17(23)10-12-18/h8-14,19-20H,6-7H2,1-5H3,(H,24,26)/t19-,20+/m0/s1. The first-order chi connectivity index (χ1) is 14.1.